The quantitative estimate of drug-likeness (QED) is 0.493. The van der Waals surface area contributed by atoms with E-state index in [-0.39, 0.29) is 0 Å². The molecule has 2 aliphatic rings. The molecule has 0 aromatic heterocycles. The second-order valence-corrected chi connectivity index (χ2v) is 4.81. The van der Waals surface area contributed by atoms with Crippen LogP contribution in [-0.4, -0.2) is 16.1 Å². The summed E-state index contributed by atoms with van der Waals surface area (Å²) in [6.07, 6.45) is 1.53. The number of rotatable bonds is 0. The van der Waals surface area contributed by atoms with E-state index in [0.717, 1.165) is 11.2 Å². The second kappa shape index (κ2) is 1.59. The lowest BCUT2D eigenvalue weighted by Gasteiger charge is -2.05. The van der Waals surface area contributed by atoms with Gasteiger partial charge in [0, 0.05) is 10.3 Å². The molecule has 1 aliphatic carbocycles. The number of hydrogen-bond donors (Lipinski definition) is 0. The Morgan fingerprint density at radius 1 is 1.43 bits per heavy atom. The topological polar surface area (TPSA) is 0 Å². The Morgan fingerprint density at radius 3 is 3.00 bits per heavy atom. The lowest BCUT2D eigenvalue weighted by molar-refractivity contribution is 1.00. The van der Waals surface area contributed by atoms with Crippen LogP contribution in [0.5, 0.6) is 0 Å². The molecule has 40 valence electrons. The van der Waals surface area contributed by atoms with E-state index >= 15 is 0 Å². The standard InChI is InChI=1S/C5H8S2/c1-4-2-6-3-7-5(1)4/h4-5H,1-3H2/t4-,5?/m1/s1. The number of thioether (sulfide) groups is 2. The Kier molecular flexibility index (Phi) is 1.04. The highest BCUT2D eigenvalue weighted by atomic mass is 32.2. The predicted octanol–water partition coefficient (Wildman–Crippen LogP) is 1.81. The summed E-state index contributed by atoms with van der Waals surface area (Å²) in [7, 11) is 0. The molecule has 1 heterocycles. The highest BCUT2D eigenvalue weighted by molar-refractivity contribution is 8.17. The zero-order chi connectivity index (χ0) is 4.69. The van der Waals surface area contributed by atoms with Gasteiger partial charge in [0.25, 0.3) is 0 Å². The van der Waals surface area contributed by atoms with Gasteiger partial charge in [0.2, 0.25) is 0 Å². The normalized spacial score (nSPS) is 48.0. The lowest BCUT2D eigenvalue weighted by atomic mass is 10.5. The summed E-state index contributed by atoms with van der Waals surface area (Å²) < 4.78 is 0. The molecule has 0 amide bonds. The highest BCUT2D eigenvalue weighted by Gasteiger charge is 2.39. The summed E-state index contributed by atoms with van der Waals surface area (Å²) >= 11 is 4.26. The first kappa shape index (κ1) is 4.57. The molecule has 1 saturated carbocycles. The van der Waals surface area contributed by atoms with Crippen LogP contribution in [0.25, 0.3) is 0 Å². The zero-order valence-corrected chi connectivity index (χ0v) is 5.73. The lowest BCUT2D eigenvalue weighted by Crippen LogP contribution is -1.94. The van der Waals surface area contributed by atoms with Gasteiger partial charge in [-0.15, -0.1) is 11.8 Å². The van der Waals surface area contributed by atoms with Crippen molar-refractivity contribution in [3.63, 3.8) is 0 Å². The van der Waals surface area contributed by atoms with Crippen LogP contribution in [0.1, 0.15) is 6.42 Å². The molecule has 1 unspecified atom stereocenters. The van der Waals surface area contributed by atoms with Crippen LogP contribution in [-0.2, 0) is 0 Å². The molecule has 2 rings (SSSR count). The summed E-state index contributed by atoms with van der Waals surface area (Å²) in [5, 5.41) is 2.46. The molecule has 0 aromatic carbocycles. The zero-order valence-electron chi connectivity index (χ0n) is 4.09. The van der Waals surface area contributed by atoms with Crippen LogP contribution in [0.2, 0.25) is 0 Å². The maximum atomic E-state index is 2.16. The minimum absolute atomic E-state index is 1.10. The summed E-state index contributed by atoms with van der Waals surface area (Å²) in [6.45, 7) is 0. The van der Waals surface area contributed by atoms with Crippen LogP contribution >= 0.6 is 23.5 Å². The first-order valence-electron chi connectivity index (χ1n) is 2.66. The molecule has 1 saturated heterocycles. The number of fused-ring (bicyclic) bond motifs is 1. The van der Waals surface area contributed by atoms with Gasteiger partial charge < -0.3 is 0 Å². The Morgan fingerprint density at radius 2 is 2.43 bits per heavy atom. The van der Waals surface area contributed by atoms with E-state index in [4.69, 9.17) is 0 Å². The van der Waals surface area contributed by atoms with Crippen molar-refractivity contribution in [2.45, 2.75) is 11.7 Å². The molecular weight excluding hydrogens is 124 g/mol. The first-order valence-corrected chi connectivity index (χ1v) is 4.86. The van der Waals surface area contributed by atoms with Gasteiger partial charge in [-0.3, -0.25) is 0 Å². The molecule has 2 fully saturated rings. The molecular formula is C5H8S2. The van der Waals surface area contributed by atoms with Gasteiger partial charge in [-0.2, -0.15) is 11.8 Å². The van der Waals surface area contributed by atoms with Gasteiger partial charge in [0.1, 0.15) is 0 Å². The maximum Gasteiger partial charge on any atom is 0.0395 e. The SMILES string of the molecule is C1SC[C@H]2CC2S1. The van der Waals surface area contributed by atoms with Crippen LogP contribution < -0.4 is 0 Å². The minimum Gasteiger partial charge on any atom is -0.151 e. The van der Waals surface area contributed by atoms with Gasteiger partial charge in [-0.1, -0.05) is 0 Å². The summed E-state index contributed by atoms with van der Waals surface area (Å²) in [5.41, 5.74) is 0. The fourth-order valence-corrected chi connectivity index (χ4v) is 3.95. The fraction of sp³-hybridized carbons (Fsp3) is 1.00. The monoisotopic (exact) mass is 132 g/mol. The van der Waals surface area contributed by atoms with Crippen molar-refractivity contribution in [3.8, 4) is 0 Å². The van der Waals surface area contributed by atoms with Crippen LogP contribution in [0.4, 0.5) is 0 Å². The molecule has 0 aromatic rings. The Balaban J connectivity index is 1.95. The average molecular weight is 132 g/mol. The third-order valence-corrected chi connectivity index (χ3v) is 4.44. The van der Waals surface area contributed by atoms with E-state index < -0.39 is 0 Å². The van der Waals surface area contributed by atoms with E-state index in [2.05, 4.69) is 23.5 Å². The molecule has 1 aliphatic heterocycles. The Hall–Kier alpha value is 0.700. The van der Waals surface area contributed by atoms with Gasteiger partial charge in [0.05, 0.1) is 0 Å². The van der Waals surface area contributed by atoms with Gasteiger partial charge in [-0.05, 0) is 18.1 Å². The van der Waals surface area contributed by atoms with E-state index in [9.17, 15) is 0 Å². The van der Waals surface area contributed by atoms with E-state index in [1.54, 1.807) is 0 Å². The fourth-order valence-electron chi connectivity index (χ4n) is 0.934. The average Bonchev–Trinajstić information content (AvgIpc) is 2.41. The van der Waals surface area contributed by atoms with Crippen molar-refractivity contribution in [1.82, 2.24) is 0 Å². The third-order valence-electron chi connectivity index (χ3n) is 1.56. The largest absolute Gasteiger partial charge is 0.151 e. The van der Waals surface area contributed by atoms with E-state index in [1.807, 2.05) is 0 Å². The molecule has 2 heteroatoms. The van der Waals surface area contributed by atoms with Crippen molar-refractivity contribution >= 4 is 23.5 Å². The summed E-state index contributed by atoms with van der Waals surface area (Å²) in [4.78, 5) is 0. The molecule has 0 nitrogen and oxygen atoms in total. The molecule has 0 bridgehead atoms. The highest BCUT2D eigenvalue weighted by Crippen LogP contribution is 2.48. The van der Waals surface area contributed by atoms with Crippen molar-refractivity contribution in [3.05, 3.63) is 0 Å². The summed E-state index contributed by atoms with van der Waals surface area (Å²) in [5.74, 6) is 2.58. The predicted molar refractivity (Wildman–Crippen MR) is 36.8 cm³/mol. The molecule has 2 atom stereocenters. The molecule has 0 spiro atoms. The van der Waals surface area contributed by atoms with Crippen LogP contribution in [0.15, 0.2) is 0 Å². The minimum atomic E-state index is 1.10. The smallest absolute Gasteiger partial charge is 0.0395 e. The second-order valence-electron chi connectivity index (χ2n) is 2.19. The molecule has 7 heavy (non-hydrogen) atoms. The van der Waals surface area contributed by atoms with E-state index in [0.29, 0.717) is 0 Å². The third kappa shape index (κ3) is 0.789. The number of hydrogen-bond acceptors (Lipinski definition) is 2. The van der Waals surface area contributed by atoms with E-state index in [1.165, 1.54) is 17.3 Å². The Bertz CT molecular complexity index is 72.1. The van der Waals surface area contributed by atoms with Crippen LogP contribution in [0, 0.1) is 5.92 Å². The van der Waals surface area contributed by atoms with Gasteiger partial charge in [0.15, 0.2) is 0 Å². The van der Waals surface area contributed by atoms with Crippen molar-refractivity contribution in [1.29, 1.82) is 0 Å². The van der Waals surface area contributed by atoms with Gasteiger partial charge >= 0.3 is 0 Å². The Labute approximate surface area is 52.4 Å². The van der Waals surface area contributed by atoms with Crippen molar-refractivity contribution < 1.29 is 0 Å². The molecule has 0 radical (unpaired) electrons. The molecule has 0 N–H and O–H groups in total. The summed E-state index contributed by atoms with van der Waals surface area (Å²) in [6, 6.07) is 0. The first-order chi connectivity index (χ1) is 3.47. The van der Waals surface area contributed by atoms with Crippen molar-refractivity contribution in [2.24, 2.45) is 5.92 Å². The van der Waals surface area contributed by atoms with Crippen LogP contribution in [0.3, 0.4) is 0 Å². The van der Waals surface area contributed by atoms with Crippen molar-refractivity contribution in [2.75, 3.05) is 10.8 Å². The van der Waals surface area contributed by atoms with Gasteiger partial charge in [-0.25, -0.2) is 0 Å². The maximum absolute atomic E-state index is 2.16.